The van der Waals surface area contributed by atoms with Crippen LogP contribution in [0.2, 0.25) is 5.02 Å². The number of benzene rings is 1. The molecule has 0 fully saturated rings. The predicted octanol–water partition coefficient (Wildman–Crippen LogP) is 2.67. The summed E-state index contributed by atoms with van der Waals surface area (Å²) in [6.45, 7) is 6.44. The van der Waals surface area contributed by atoms with Gasteiger partial charge in [-0.1, -0.05) is 25.4 Å². The van der Waals surface area contributed by atoms with Gasteiger partial charge in [-0.05, 0) is 43.5 Å². The molecule has 3 N–H and O–H groups in total. The van der Waals surface area contributed by atoms with Gasteiger partial charge < -0.3 is 15.7 Å². The lowest BCUT2D eigenvalue weighted by atomic mass is 9.94. The van der Waals surface area contributed by atoms with Crippen molar-refractivity contribution in [3.8, 4) is 0 Å². The van der Waals surface area contributed by atoms with Gasteiger partial charge in [-0.2, -0.15) is 0 Å². The second-order valence-electron chi connectivity index (χ2n) is 5.75. The summed E-state index contributed by atoms with van der Waals surface area (Å²) >= 11 is 5.77. The Morgan fingerprint density at radius 2 is 1.95 bits per heavy atom. The molecule has 4 nitrogen and oxygen atoms in total. The molecule has 0 spiro atoms. The largest absolute Gasteiger partial charge is 0.389 e. The number of amides is 1. The first-order valence-electron chi connectivity index (χ1n) is 6.77. The molecule has 1 aromatic carbocycles. The average molecular weight is 299 g/mol. The Hall–Kier alpha value is -1.10. The van der Waals surface area contributed by atoms with Gasteiger partial charge in [0.2, 0.25) is 5.91 Å². The summed E-state index contributed by atoms with van der Waals surface area (Å²) in [6, 6.07) is 6.93. The molecule has 1 atom stereocenters. The molecule has 5 heteroatoms. The third-order valence-electron chi connectivity index (χ3n) is 2.77. The van der Waals surface area contributed by atoms with E-state index in [1.165, 1.54) is 0 Å². The number of hydrogen-bond donors (Lipinski definition) is 3. The van der Waals surface area contributed by atoms with Crippen LogP contribution in [0.4, 0.5) is 5.69 Å². The van der Waals surface area contributed by atoms with Gasteiger partial charge in [0.1, 0.15) is 0 Å². The maximum Gasteiger partial charge on any atom is 0.238 e. The van der Waals surface area contributed by atoms with E-state index in [1.807, 2.05) is 0 Å². The molecule has 1 unspecified atom stereocenters. The molecule has 0 radical (unpaired) electrons. The third-order valence-corrected chi connectivity index (χ3v) is 3.02. The Labute approximate surface area is 125 Å². The number of hydrogen-bond acceptors (Lipinski definition) is 3. The van der Waals surface area contributed by atoms with Crippen LogP contribution in [0.1, 0.15) is 27.2 Å². The van der Waals surface area contributed by atoms with Crippen LogP contribution >= 0.6 is 11.6 Å². The standard InChI is InChI=1S/C15H23ClN2O2/c1-11(2)8-15(3,20)10-17-9-14(19)18-13-6-4-12(16)5-7-13/h4-7,11,17,20H,8-10H2,1-3H3,(H,18,19). The van der Waals surface area contributed by atoms with E-state index in [0.717, 1.165) is 0 Å². The zero-order valence-electron chi connectivity index (χ0n) is 12.2. The first-order valence-corrected chi connectivity index (χ1v) is 7.15. The molecule has 0 saturated heterocycles. The van der Waals surface area contributed by atoms with Crippen molar-refractivity contribution < 1.29 is 9.90 Å². The first kappa shape index (κ1) is 17.0. The van der Waals surface area contributed by atoms with Crippen molar-refractivity contribution >= 4 is 23.2 Å². The van der Waals surface area contributed by atoms with E-state index in [0.29, 0.717) is 29.6 Å². The summed E-state index contributed by atoms with van der Waals surface area (Å²) in [5.41, 5.74) is -0.0931. The van der Waals surface area contributed by atoms with Crippen molar-refractivity contribution in [2.75, 3.05) is 18.4 Å². The van der Waals surface area contributed by atoms with Crippen LogP contribution in [0.3, 0.4) is 0 Å². The van der Waals surface area contributed by atoms with E-state index in [9.17, 15) is 9.90 Å². The fraction of sp³-hybridized carbons (Fsp3) is 0.533. The molecule has 0 aromatic heterocycles. The van der Waals surface area contributed by atoms with Crippen molar-refractivity contribution in [1.29, 1.82) is 0 Å². The molecule has 0 saturated carbocycles. The topological polar surface area (TPSA) is 61.4 Å². The van der Waals surface area contributed by atoms with Crippen molar-refractivity contribution in [3.63, 3.8) is 0 Å². The zero-order chi connectivity index (χ0) is 15.2. The summed E-state index contributed by atoms with van der Waals surface area (Å²) in [6.07, 6.45) is 0.693. The van der Waals surface area contributed by atoms with Gasteiger partial charge in [-0.15, -0.1) is 0 Å². The van der Waals surface area contributed by atoms with Crippen LogP contribution in [0.15, 0.2) is 24.3 Å². The smallest absolute Gasteiger partial charge is 0.238 e. The summed E-state index contributed by atoms with van der Waals surface area (Å²) in [7, 11) is 0. The second kappa shape index (κ2) is 7.62. The molecule has 1 aromatic rings. The lowest BCUT2D eigenvalue weighted by Gasteiger charge is -2.25. The molecule has 0 heterocycles. The van der Waals surface area contributed by atoms with Gasteiger partial charge in [-0.25, -0.2) is 0 Å². The number of carbonyl (C=O) groups is 1. The number of rotatable bonds is 7. The molecular formula is C15H23ClN2O2. The highest BCUT2D eigenvalue weighted by Gasteiger charge is 2.21. The van der Waals surface area contributed by atoms with E-state index in [-0.39, 0.29) is 12.5 Å². The predicted molar refractivity (Wildman–Crippen MR) is 83.0 cm³/mol. The Kier molecular flexibility index (Phi) is 6.46. The minimum absolute atomic E-state index is 0.146. The van der Waals surface area contributed by atoms with Crippen LogP contribution < -0.4 is 10.6 Å². The Morgan fingerprint density at radius 1 is 1.35 bits per heavy atom. The van der Waals surface area contributed by atoms with E-state index in [2.05, 4.69) is 24.5 Å². The fourth-order valence-corrected chi connectivity index (χ4v) is 2.26. The van der Waals surface area contributed by atoms with Gasteiger partial charge in [0.25, 0.3) is 0 Å². The highest BCUT2D eigenvalue weighted by atomic mass is 35.5. The quantitative estimate of drug-likeness (QED) is 0.725. The van der Waals surface area contributed by atoms with Gasteiger partial charge in [0.15, 0.2) is 0 Å². The summed E-state index contributed by atoms with van der Waals surface area (Å²) in [5.74, 6) is 0.266. The van der Waals surface area contributed by atoms with Gasteiger partial charge in [0.05, 0.1) is 12.1 Å². The van der Waals surface area contributed by atoms with Gasteiger partial charge in [0, 0.05) is 17.3 Å². The molecule has 0 bridgehead atoms. The van der Waals surface area contributed by atoms with Crippen LogP contribution in [-0.4, -0.2) is 29.7 Å². The number of aliphatic hydroxyl groups is 1. The molecule has 0 aliphatic rings. The Morgan fingerprint density at radius 3 is 2.50 bits per heavy atom. The number of nitrogens with one attached hydrogen (secondary N) is 2. The molecular weight excluding hydrogens is 276 g/mol. The maximum atomic E-state index is 11.7. The van der Waals surface area contributed by atoms with Crippen molar-refractivity contribution in [2.24, 2.45) is 5.92 Å². The Balaban J connectivity index is 2.31. The van der Waals surface area contributed by atoms with E-state index in [1.54, 1.807) is 31.2 Å². The number of anilines is 1. The summed E-state index contributed by atoms with van der Waals surface area (Å²) < 4.78 is 0. The van der Waals surface area contributed by atoms with Crippen LogP contribution in [0.5, 0.6) is 0 Å². The zero-order valence-corrected chi connectivity index (χ0v) is 13.0. The SMILES string of the molecule is CC(C)CC(C)(O)CNCC(=O)Nc1ccc(Cl)cc1. The van der Waals surface area contributed by atoms with Crippen molar-refractivity contribution in [3.05, 3.63) is 29.3 Å². The minimum atomic E-state index is -0.797. The summed E-state index contributed by atoms with van der Waals surface area (Å²) in [4.78, 5) is 11.7. The highest BCUT2D eigenvalue weighted by Crippen LogP contribution is 2.15. The molecule has 0 aliphatic heterocycles. The third kappa shape index (κ3) is 6.89. The average Bonchev–Trinajstić information content (AvgIpc) is 2.30. The normalized spacial score (nSPS) is 14.1. The monoisotopic (exact) mass is 298 g/mol. The first-order chi connectivity index (χ1) is 9.28. The molecule has 0 aliphatic carbocycles. The van der Waals surface area contributed by atoms with Crippen molar-refractivity contribution in [1.82, 2.24) is 5.32 Å². The number of carbonyl (C=O) groups excluding carboxylic acids is 1. The molecule has 1 rings (SSSR count). The van der Waals surface area contributed by atoms with Crippen LogP contribution in [0.25, 0.3) is 0 Å². The molecule has 1 amide bonds. The Bertz CT molecular complexity index is 430. The van der Waals surface area contributed by atoms with Crippen LogP contribution in [-0.2, 0) is 4.79 Å². The van der Waals surface area contributed by atoms with Gasteiger partial charge in [-0.3, -0.25) is 4.79 Å². The highest BCUT2D eigenvalue weighted by molar-refractivity contribution is 6.30. The lowest BCUT2D eigenvalue weighted by Crippen LogP contribution is -2.41. The maximum absolute atomic E-state index is 11.7. The van der Waals surface area contributed by atoms with E-state index >= 15 is 0 Å². The summed E-state index contributed by atoms with van der Waals surface area (Å²) in [5, 5.41) is 16.5. The number of halogens is 1. The van der Waals surface area contributed by atoms with Gasteiger partial charge >= 0.3 is 0 Å². The lowest BCUT2D eigenvalue weighted by molar-refractivity contribution is -0.115. The van der Waals surface area contributed by atoms with Crippen LogP contribution in [0, 0.1) is 5.92 Å². The molecule has 20 heavy (non-hydrogen) atoms. The fourth-order valence-electron chi connectivity index (χ4n) is 2.14. The van der Waals surface area contributed by atoms with Crippen molar-refractivity contribution in [2.45, 2.75) is 32.8 Å². The molecule has 112 valence electrons. The minimum Gasteiger partial charge on any atom is -0.389 e. The van der Waals surface area contributed by atoms with E-state index in [4.69, 9.17) is 11.6 Å². The van der Waals surface area contributed by atoms with E-state index < -0.39 is 5.60 Å². The second-order valence-corrected chi connectivity index (χ2v) is 6.19.